The number of thioether (sulfide) groups is 1. The fourth-order valence-electron chi connectivity index (χ4n) is 2.16. The summed E-state index contributed by atoms with van der Waals surface area (Å²) in [5.74, 6) is -1.24. The first-order valence-electron chi connectivity index (χ1n) is 6.40. The molecule has 5 heteroatoms. The van der Waals surface area contributed by atoms with E-state index in [4.69, 9.17) is 11.1 Å². The van der Waals surface area contributed by atoms with Gasteiger partial charge in [-0.25, -0.2) is 8.78 Å². The number of nitrogen functional groups attached to an aromatic ring is 1. The molecule has 21 heavy (non-hydrogen) atoms. The molecule has 2 aromatic rings. The SMILES string of the molecule is Cc1cc(C)cc(CSc2c(F)cc(C(=N)N)cc2F)c1. The van der Waals surface area contributed by atoms with Crippen molar-refractivity contribution in [3.05, 3.63) is 64.2 Å². The fraction of sp³-hybridized carbons (Fsp3) is 0.188. The van der Waals surface area contributed by atoms with Crippen molar-refractivity contribution in [1.29, 1.82) is 5.41 Å². The lowest BCUT2D eigenvalue weighted by molar-refractivity contribution is 0.540. The van der Waals surface area contributed by atoms with E-state index in [1.165, 1.54) is 0 Å². The van der Waals surface area contributed by atoms with Crippen LogP contribution in [0.1, 0.15) is 22.3 Å². The van der Waals surface area contributed by atoms with Crippen LogP contribution in [0.5, 0.6) is 0 Å². The normalized spacial score (nSPS) is 10.7. The molecule has 110 valence electrons. The molecule has 0 fully saturated rings. The van der Waals surface area contributed by atoms with Crippen molar-refractivity contribution in [3.63, 3.8) is 0 Å². The maximum Gasteiger partial charge on any atom is 0.140 e. The Balaban J connectivity index is 2.22. The Bertz CT molecular complexity index is 655. The van der Waals surface area contributed by atoms with Crippen LogP contribution in [0.15, 0.2) is 35.2 Å². The highest BCUT2D eigenvalue weighted by atomic mass is 32.2. The fourth-order valence-corrected chi connectivity index (χ4v) is 3.03. The van der Waals surface area contributed by atoms with E-state index < -0.39 is 11.6 Å². The average Bonchev–Trinajstić information content (AvgIpc) is 2.36. The third-order valence-corrected chi connectivity index (χ3v) is 4.13. The zero-order valence-corrected chi connectivity index (χ0v) is 12.7. The second-order valence-electron chi connectivity index (χ2n) is 4.97. The first kappa shape index (κ1) is 15.5. The van der Waals surface area contributed by atoms with Crippen LogP contribution in [0.3, 0.4) is 0 Å². The molecule has 0 atom stereocenters. The molecule has 0 aromatic heterocycles. The van der Waals surface area contributed by atoms with Crippen molar-refractivity contribution in [1.82, 2.24) is 0 Å². The van der Waals surface area contributed by atoms with E-state index in [0.717, 1.165) is 40.6 Å². The standard InChI is InChI=1S/C16H16F2N2S/c1-9-3-10(2)5-11(4-9)8-21-15-13(17)6-12(16(19)20)7-14(15)18/h3-7H,8H2,1-2H3,(H3,19,20). The molecular formula is C16H16F2N2S. The minimum absolute atomic E-state index is 0.0424. The van der Waals surface area contributed by atoms with Crippen molar-refractivity contribution < 1.29 is 8.78 Å². The second kappa shape index (κ2) is 6.26. The molecular weight excluding hydrogens is 290 g/mol. The third-order valence-electron chi connectivity index (χ3n) is 2.97. The number of halogens is 2. The Labute approximate surface area is 126 Å². The molecule has 2 nitrogen and oxygen atoms in total. The summed E-state index contributed by atoms with van der Waals surface area (Å²) in [4.78, 5) is -0.0424. The van der Waals surface area contributed by atoms with Gasteiger partial charge < -0.3 is 5.73 Å². The van der Waals surface area contributed by atoms with Crippen molar-refractivity contribution in [3.8, 4) is 0 Å². The minimum atomic E-state index is -0.686. The molecule has 2 aromatic carbocycles. The van der Waals surface area contributed by atoms with E-state index in [9.17, 15) is 8.78 Å². The number of nitrogens with two attached hydrogens (primary N) is 1. The molecule has 0 amide bonds. The number of aryl methyl sites for hydroxylation is 2. The maximum absolute atomic E-state index is 13.9. The van der Waals surface area contributed by atoms with Crippen LogP contribution in [-0.4, -0.2) is 5.84 Å². The highest BCUT2D eigenvalue weighted by molar-refractivity contribution is 7.98. The molecule has 0 saturated heterocycles. The van der Waals surface area contributed by atoms with Gasteiger partial charge in [0.2, 0.25) is 0 Å². The van der Waals surface area contributed by atoms with Crippen LogP contribution in [-0.2, 0) is 5.75 Å². The van der Waals surface area contributed by atoms with Gasteiger partial charge >= 0.3 is 0 Å². The van der Waals surface area contributed by atoms with Gasteiger partial charge in [-0.2, -0.15) is 0 Å². The lowest BCUT2D eigenvalue weighted by Gasteiger charge is -2.08. The topological polar surface area (TPSA) is 49.9 Å². The Morgan fingerprint density at radius 3 is 2.05 bits per heavy atom. The minimum Gasteiger partial charge on any atom is -0.384 e. The first-order valence-corrected chi connectivity index (χ1v) is 7.39. The Morgan fingerprint density at radius 1 is 1.05 bits per heavy atom. The second-order valence-corrected chi connectivity index (χ2v) is 5.95. The Hall–Kier alpha value is -1.88. The summed E-state index contributed by atoms with van der Waals surface area (Å²) < 4.78 is 27.8. The molecule has 0 aliphatic rings. The lowest BCUT2D eigenvalue weighted by atomic mass is 10.1. The van der Waals surface area contributed by atoms with Gasteiger partial charge in [0, 0.05) is 11.3 Å². The summed E-state index contributed by atoms with van der Waals surface area (Å²) in [5.41, 5.74) is 8.57. The predicted molar refractivity (Wildman–Crippen MR) is 82.9 cm³/mol. The highest BCUT2D eigenvalue weighted by Gasteiger charge is 2.13. The van der Waals surface area contributed by atoms with Crippen LogP contribution in [0.4, 0.5) is 8.78 Å². The Kier molecular flexibility index (Phi) is 4.63. The van der Waals surface area contributed by atoms with Crippen LogP contribution in [0, 0.1) is 30.9 Å². The first-order chi connectivity index (χ1) is 9.86. The van der Waals surface area contributed by atoms with Gasteiger partial charge in [-0.05, 0) is 31.5 Å². The van der Waals surface area contributed by atoms with Crippen molar-refractivity contribution in [2.45, 2.75) is 24.5 Å². The Morgan fingerprint density at radius 2 is 1.57 bits per heavy atom. The van der Waals surface area contributed by atoms with Gasteiger partial charge in [-0.15, -0.1) is 11.8 Å². The van der Waals surface area contributed by atoms with Crippen LogP contribution in [0.2, 0.25) is 0 Å². The lowest BCUT2D eigenvalue weighted by Crippen LogP contribution is -2.12. The number of amidine groups is 1. The average molecular weight is 306 g/mol. The summed E-state index contributed by atoms with van der Waals surface area (Å²) in [6.45, 7) is 3.98. The smallest absolute Gasteiger partial charge is 0.140 e. The van der Waals surface area contributed by atoms with Crippen LogP contribution < -0.4 is 5.73 Å². The number of hydrogen-bond acceptors (Lipinski definition) is 2. The van der Waals surface area contributed by atoms with Crippen LogP contribution >= 0.6 is 11.8 Å². The van der Waals surface area contributed by atoms with E-state index in [1.54, 1.807) is 0 Å². The van der Waals surface area contributed by atoms with E-state index in [-0.39, 0.29) is 16.3 Å². The molecule has 0 aliphatic carbocycles. The van der Waals surface area contributed by atoms with Gasteiger partial charge in [0.15, 0.2) is 0 Å². The molecule has 3 N–H and O–H groups in total. The zero-order chi connectivity index (χ0) is 15.6. The van der Waals surface area contributed by atoms with Crippen molar-refractivity contribution >= 4 is 17.6 Å². The van der Waals surface area contributed by atoms with Gasteiger partial charge in [-0.3, -0.25) is 5.41 Å². The van der Waals surface area contributed by atoms with Gasteiger partial charge in [0.05, 0.1) is 4.90 Å². The van der Waals surface area contributed by atoms with E-state index in [0.29, 0.717) is 5.75 Å². The number of hydrogen-bond donors (Lipinski definition) is 2. The summed E-state index contributed by atoms with van der Waals surface area (Å²) in [5, 5.41) is 7.22. The number of rotatable bonds is 4. The third kappa shape index (κ3) is 3.82. The monoisotopic (exact) mass is 306 g/mol. The molecule has 2 rings (SSSR count). The molecule has 0 unspecified atom stereocenters. The van der Waals surface area contributed by atoms with E-state index in [1.807, 2.05) is 26.0 Å². The number of benzene rings is 2. The molecule has 0 saturated carbocycles. The molecule has 0 heterocycles. The van der Waals surface area contributed by atoms with Gasteiger partial charge in [0.1, 0.15) is 17.5 Å². The summed E-state index contributed by atoms with van der Waals surface area (Å²) in [6.07, 6.45) is 0. The van der Waals surface area contributed by atoms with E-state index >= 15 is 0 Å². The van der Waals surface area contributed by atoms with Crippen LogP contribution in [0.25, 0.3) is 0 Å². The van der Waals surface area contributed by atoms with Crippen molar-refractivity contribution in [2.24, 2.45) is 5.73 Å². The van der Waals surface area contributed by atoms with Gasteiger partial charge in [-0.1, -0.05) is 29.3 Å². The largest absolute Gasteiger partial charge is 0.384 e. The maximum atomic E-state index is 13.9. The zero-order valence-electron chi connectivity index (χ0n) is 11.8. The summed E-state index contributed by atoms with van der Waals surface area (Å²) in [6, 6.07) is 8.24. The summed E-state index contributed by atoms with van der Waals surface area (Å²) in [7, 11) is 0. The quantitative estimate of drug-likeness (QED) is 0.506. The van der Waals surface area contributed by atoms with Crippen molar-refractivity contribution in [2.75, 3.05) is 0 Å². The molecule has 0 radical (unpaired) electrons. The number of nitrogens with one attached hydrogen (secondary N) is 1. The molecule has 0 bridgehead atoms. The molecule has 0 spiro atoms. The predicted octanol–water partition coefficient (Wildman–Crippen LogP) is 4.16. The van der Waals surface area contributed by atoms with E-state index in [2.05, 4.69) is 6.07 Å². The highest BCUT2D eigenvalue weighted by Crippen LogP contribution is 2.29. The molecule has 0 aliphatic heterocycles. The van der Waals surface area contributed by atoms with Gasteiger partial charge in [0.25, 0.3) is 0 Å². The summed E-state index contributed by atoms with van der Waals surface area (Å²) >= 11 is 1.10.